The molecule has 1 aromatic rings. The summed E-state index contributed by atoms with van der Waals surface area (Å²) in [5, 5.41) is 10.1. The summed E-state index contributed by atoms with van der Waals surface area (Å²) in [6.45, 7) is 7.31. The van der Waals surface area contributed by atoms with Gasteiger partial charge in [-0.3, -0.25) is 4.79 Å². The summed E-state index contributed by atoms with van der Waals surface area (Å²) in [6, 6.07) is 3.90. The van der Waals surface area contributed by atoms with Gasteiger partial charge in [0.2, 0.25) is 0 Å². The van der Waals surface area contributed by atoms with E-state index >= 15 is 0 Å². The molecule has 6 heteroatoms. The molecule has 0 fully saturated rings. The van der Waals surface area contributed by atoms with Crippen molar-refractivity contribution in [3.05, 3.63) is 35.4 Å². The molecule has 1 aliphatic carbocycles. The molecule has 148 valence electrons. The molecule has 0 unspecified atom stereocenters. The van der Waals surface area contributed by atoms with Gasteiger partial charge in [0.25, 0.3) is 0 Å². The molecule has 4 rings (SSSR count). The maximum Gasteiger partial charge on any atom is 0.316 e. The third-order valence-corrected chi connectivity index (χ3v) is 5.74. The van der Waals surface area contributed by atoms with Crippen LogP contribution in [0.15, 0.2) is 24.3 Å². The molecule has 0 saturated carbocycles. The highest BCUT2D eigenvalue weighted by Crippen LogP contribution is 2.55. The Morgan fingerprint density at radius 1 is 1.37 bits per heavy atom. The van der Waals surface area contributed by atoms with Gasteiger partial charge in [-0.1, -0.05) is 18.2 Å². The Morgan fingerprint density at radius 3 is 2.81 bits per heavy atom. The number of rotatable bonds is 1. The number of esters is 1. The molecule has 0 bridgehead atoms. The molecular weight excluding hydrogens is 366 g/mol. The number of aliphatic hydroxyl groups excluding tert-OH is 1. The number of nitrogens with zero attached hydrogens (tertiary/aromatic N) is 1. The number of ether oxygens (including phenoxy) is 2. The van der Waals surface area contributed by atoms with Crippen molar-refractivity contribution in [2.45, 2.75) is 57.8 Å². The Balaban J connectivity index is 0.00000210. The molecule has 0 aromatic heterocycles. The predicted molar refractivity (Wildman–Crippen MR) is 106 cm³/mol. The average molecular weight is 394 g/mol. The molecule has 1 spiro atoms. The van der Waals surface area contributed by atoms with Crippen LogP contribution in [0.25, 0.3) is 0 Å². The van der Waals surface area contributed by atoms with E-state index in [0.717, 1.165) is 25.1 Å². The minimum absolute atomic E-state index is 0. The van der Waals surface area contributed by atoms with Gasteiger partial charge in [-0.15, -0.1) is 12.4 Å². The first-order valence-corrected chi connectivity index (χ1v) is 9.32. The lowest BCUT2D eigenvalue weighted by molar-refractivity contribution is -0.143. The number of carbonyl (C=O) groups excluding carboxylic acids is 1. The lowest BCUT2D eigenvalue weighted by Crippen LogP contribution is -2.42. The molecule has 0 amide bonds. The lowest BCUT2D eigenvalue weighted by atomic mass is 9.69. The maximum atomic E-state index is 12.4. The first-order valence-electron chi connectivity index (χ1n) is 9.32. The number of hydrogen-bond donors (Lipinski definition) is 1. The Kier molecular flexibility index (Phi) is 5.08. The van der Waals surface area contributed by atoms with E-state index in [1.807, 2.05) is 32.9 Å². The van der Waals surface area contributed by atoms with E-state index in [-0.39, 0.29) is 29.9 Å². The Hall–Kier alpha value is -1.56. The highest BCUT2D eigenvalue weighted by atomic mass is 35.5. The number of hydrogen-bond acceptors (Lipinski definition) is 5. The van der Waals surface area contributed by atoms with Crippen molar-refractivity contribution in [3.63, 3.8) is 0 Å². The van der Waals surface area contributed by atoms with Crippen LogP contribution in [0, 0.1) is 5.41 Å². The van der Waals surface area contributed by atoms with E-state index in [1.54, 1.807) is 0 Å². The van der Waals surface area contributed by atoms with Crippen molar-refractivity contribution < 1.29 is 19.4 Å². The molecule has 0 saturated heterocycles. The quantitative estimate of drug-likeness (QED) is 0.451. The molecule has 3 atom stereocenters. The van der Waals surface area contributed by atoms with E-state index in [0.29, 0.717) is 17.9 Å². The van der Waals surface area contributed by atoms with Gasteiger partial charge in [0.1, 0.15) is 6.10 Å². The SMILES string of the molecule is CN1CC[C@@]23C=C[C@H](O)C[C@@H]2Oc2c(OC(=O)C(C)(C)C)ccc(c23)C1.Cl. The van der Waals surface area contributed by atoms with E-state index < -0.39 is 11.5 Å². The van der Waals surface area contributed by atoms with Crippen molar-refractivity contribution in [2.75, 3.05) is 13.6 Å². The molecule has 3 aliphatic rings. The Labute approximate surface area is 166 Å². The third kappa shape index (κ3) is 3.26. The molecule has 5 nitrogen and oxygen atoms in total. The number of benzene rings is 1. The van der Waals surface area contributed by atoms with E-state index in [9.17, 15) is 9.90 Å². The molecule has 1 N–H and O–H groups in total. The zero-order valence-corrected chi connectivity index (χ0v) is 17.1. The van der Waals surface area contributed by atoms with Gasteiger partial charge in [0.05, 0.1) is 16.9 Å². The van der Waals surface area contributed by atoms with Crippen molar-refractivity contribution in [1.82, 2.24) is 4.90 Å². The largest absolute Gasteiger partial charge is 0.485 e. The lowest BCUT2D eigenvalue weighted by Gasteiger charge is -2.35. The van der Waals surface area contributed by atoms with Crippen LogP contribution in [0.2, 0.25) is 0 Å². The Bertz CT molecular complexity index is 785. The van der Waals surface area contributed by atoms with Crippen LogP contribution in [0.4, 0.5) is 0 Å². The molecule has 2 heterocycles. The first-order chi connectivity index (χ1) is 12.2. The molecule has 1 aromatic carbocycles. The van der Waals surface area contributed by atoms with Crippen molar-refractivity contribution in [3.8, 4) is 11.5 Å². The molecule has 0 radical (unpaired) electrons. The van der Waals surface area contributed by atoms with Crippen molar-refractivity contribution >= 4 is 18.4 Å². The molecular formula is C21H28ClNO4. The van der Waals surface area contributed by atoms with Gasteiger partial charge >= 0.3 is 5.97 Å². The van der Waals surface area contributed by atoms with E-state index in [1.165, 1.54) is 5.56 Å². The second-order valence-electron chi connectivity index (χ2n) is 8.86. The van der Waals surface area contributed by atoms with Gasteiger partial charge in [0, 0.05) is 18.5 Å². The van der Waals surface area contributed by atoms with Crippen LogP contribution in [0.3, 0.4) is 0 Å². The summed E-state index contributed by atoms with van der Waals surface area (Å²) in [4.78, 5) is 14.7. The molecule has 27 heavy (non-hydrogen) atoms. The zero-order chi connectivity index (χ0) is 18.7. The second kappa shape index (κ2) is 6.80. The summed E-state index contributed by atoms with van der Waals surface area (Å²) in [7, 11) is 2.12. The fourth-order valence-electron chi connectivity index (χ4n) is 4.25. The van der Waals surface area contributed by atoms with Crippen molar-refractivity contribution in [2.24, 2.45) is 5.41 Å². The topological polar surface area (TPSA) is 59.0 Å². The fourth-order valence-corrected chi connectivity index (χ4v) is 4.25. The third-order valence-electron chi connectivity index (χ3n) is 5.74. The van der Waals surface area contributed by atoms with Crippen LogP contribution in [0.5, 0.6) is 11.5 Å². The van der Waals surface area contributed by atoms with Gasteiger partial charge in [0.15, 0.2) is 11.5 Å². The van der Waals surface area contributed by atoms with Crippen molar-refractivity contribution in [1.29, 1.82) is 0 Å². The van der Waals surface area contributed by atoms with Gasteiger partial charge in [-0.25, -0.2) is 0 Å². The summed E-state index contributed by atoms with van der Waals surface area (Å²) in [5.74, 6) is 0.895. The minimum Gasteiger partial charge on any atom is -0.485 e. The van der Waals surface area contributed by atoms with Gasteiger partial charge < -0.3 is 19.5 Å². The average Bonchev–Trinajstić information content (AvgIpc) is 2.81. The maximum absolute atomic E-state index is 12.4. The number of aliphatic hydroxyl groups is 1. The highest BCUT2D eigenvalue weighted by molar-refractivity contribution is 5.85. The zero-order valence-electron chi connectivity index (χ0n) is 16.3. The predicted octanol–water partition coefficient (Wildman–Crippen LogP) is 3.22. The fraction of sp³-hybridized carbons (Fsp3) is 0.571. The second-order valence-corrected chi connectivity index (χ2v) is 8.86. The van der Waals surface area contributed by atoms with Crippen LogP contribution >= 0.6 is 12.4 Å². The normalized spacial score (nSPS) is 29.1. The summed E-state index contributed by atoms with van der Waals surface area (Å²) >= 11 is 0. The first kappa shape index (κ1) is 20.2. The Morgan fingerprint density at radius 2 is 2.11 bits per heavy atom. The summed E-state index contributed by atoms with van der Waals surface area (Å²) in [5.41, 5.74) is 1.51. The van der Waals surface area contributed by atoms with E-state index in [4.69, 9.17) is 9.47 Å². The van der Waals surface area contributed by atoms with E-state index in [2.05, 4.69) is 24.1 Å². The molecule has 2 aliphatic heterocycles. The van der Waals surface area contributed by atoms with Gasteiger partial charge in [-0.05, 0) is 52.4 Å². The number of halogens is 1. The summed E-state index contributed by atoms with van der Waals surface area (Å²) < 4.78 is 12.1. The van der Waals surface area contributed by atoms with Crippen LogP contribution < -0.4 is 9.47 Å². The minimum atomic E-state index is -0.584. The number of carbonyl (C=O) groups is 1. The van der Waals surface area contributed by atoms with Gasteiger partial charge in [-0.2, -0.15) is 0 Å². The smallest absolute Gasteiger partial charge is 0.316 e. The summed E-state index contributed by atoms with van der Waals surface area (Å²) in [6.07, 6.45) is 4.87. The van der Waals surface area contributed by atoms with Crippen LogP contribution in [-0.4, -0.2) is 41.8 Å². The monoisotopic (exact) mass is 393 g/mol. The highest BCUT2D eigenvalue weighted by Gasteiger charge is 2.52. The standard InChI is InChI=1S/C21H27NO4.ClH/c1-20(2,3)19(24)25-15-6-5-13-12-22(4)10-9-21-8-7-14(23)11-16(21)26-18(15)17(13)21;/h5-8,14,16,23H,9-12H2,1-4H3;1H/t14-,16-,21-;/m0./s1. The van der Waals surface area contributed by atoms with Crippen LogP contribution in [0.1, 0.15) is 44.7 Å². The van der Waals surface area contributed by atoms with Crippen LogP contribution in [-0.2, 0) is 16.8 Å².